The Morgan fingerprint density at radius 2 is 1.90 bits per heavy atom. The van der Waals surface area contributed by atoms with Crippen LogP contribution in [0.15, 0.2) is 42.7 Å². The molecule has 2 heterocycles. The van der Waals surface area contributed by atoms with E-state index in [9.17, 15) is 9.59 Å². The Labute approximate surface area is 115 Å². The van der Waals surface area contributed by atoms with Crippen molar-refractivity contribution in [1.82, 2.24) is 15.3 Å². The number of pyridine rings is 2. The van der Waals surface area contributed by atoms with Crippen molar-refractivity contribution < 1.29 is 14.7 Å². The van der Waals surface area contributed by atoms with Crippen molar-refractivity contribution in [2.45, 2.75) is 6.42 Å². The number of rotatable bonds is 5. The maximum absolute atomic E-state index is 11.9. The zero-order valence-electron chi connectivity index (χ0n) is 10.6. The lowest BCUT2D eigenvalue weighted by Crippen LogP contribution is -2.28. The molecule has 6 nitrogen and oxygen atoms in total. The first kappa shape index (κ1) is 13.7. The summed E-state index contributed by atoms with van der Waals surface area (Å²) in [7, 11) is 0. The smallest absolute Gasteiger partial charge is 0.338 e. The monoisotopic (exact) mass is 271 g/mol. The maximum Gasteiger partial charge on any atom is 0.338 e. The fourth-order valence-electron chi connectivity index (χ4n) is 1.69. The third-order valence-corrected chi connectivity index (χ3v) is 2.65. The number of hydrogen-bond donors (Lipinski definition) is 2. The van der Waals surface area contributed by atoms with Gasteiger partial charge in [-0.2, -0.15) is 0 Å². The van der Waals surface area contributed by atoms with E-state index in [4.69, 9.17) is 5.11 Å². The van der Waals surface area contributed by atoms with E-state index in [1.54, 1.807) is 6.20 Å². The predicted molar refractivity (Wildman–Crippen MR) is 71.5 cm³/mol. The standard InChI is InChI=1S/C14H13N3O3/c18-13(12-11(14(19)20)5-3-8-16-12)17-9-6-10-4-1-2-7-15-10/h1-5,7-8H,6,9H2,(H,17,18)(H,19,20). The second-order valence-corrected chi connectivity index (χ2v) is 4.03. The summed E-state index contributed by atoms with van der Waals surface area (Å²) in [6.07, 6.45) is 3.64. The van der Waals surface area contributed by atoms with Gasteiger partial charge in [0, 0.05) is 31.1 Å². The van der Waals surface area contributed by atoms with E-state index in [-0.39, 0.29) is 11.3 Å². The van der Waals surface area contributed by atoms with Gasteiger partial charge < -0.3 is 10.4 Å². The Balaban J connectivity index is 1.97. The van der Waals surface area contributed by atoms with Crippen molar-refractivity contribution in [2.24, 2.45) is 0 Å². The number of carboxylic acids is 1. The molecule has 0 aliphatic carbocycles. The van der Waals surface area contributed by atoms with Crippen LogP contribution >= 0.6 is 0 Å². The predicted octanol–water partition coefficient (Wildman–Crippen LogP) is 1.15. The number of aromatic nitrogens is 2. The molecule has 0 atom stereocenters. The third-order valence-electron chi connectivity index (χ3n) is 2.65. The summed E-state index contributed by atoms with van der Waals surface area (Å²) in [5.74, 6) is -1.67. The molecule has 0 saturated heterocycles. The first-order chi connectivity index (χ1) is 9.68. The molecule has 102 valence electrons. The van der Waals surface area contributed by atoms with Crippen LogP contribution in [0.2, 0.25) is 0 Å². The second-order valence-electron chi connectivity index (χ2n) is 4.03. The molecule has 1 amide bonds. The zero-order chi connectivity index (χ0) is 14.4. The first-order valence-electron chi connectivity index (χ1n) is 6.05. The Hall–Kier alpha value is -2.76. The highest BCUT2D eigenvalue weighted by Gasteiger charge is 2.16. The average Bonchev–Trinajstić information content (AvgIpc) is 2.48. The molecule has 6 heteroatoms. The average molecular weight is 271 g/mol. The van der Waals surface area contributed by atoms with Crippen LogP contribution in [0.25, 0.3) is 0 Å². The van der Waals surface area contributed by atoms with Gasteiger partial charge >= 0.3 is 5.97 Å². The summed E-state index contributed by atoms with van der Waals surface area (Å²) in [5, 5.41) is 11.6. The van der Waals surface area contributed by atoms with Crippen molar-refractivity contribution in [3.8, 4) is 0 Å². The Bertz CT molecular complexity index is 614. The molecule has 0 saturated carbocycles. The molecule has 2 aromatic rings. The quantitative estimate of drug-likeness (QED) is 0.851. The van der Waals surface area contributed by atoms with E-state index >= 15 is 0 Å². The maximum atomic E-state index is 11.9. The number of nitrogens with one attached hydrogen (secondary N) is 1. The van der Waals surface area contributed by atoms with E-state index < -0.39 is 11.9 Å². The van der Waals surface area contributed by atoms with E-state index in [2.05, 4.69) is 15.3 Å². The number of aromatic carboxylic acids is 1. The molecular weight excluding hydrogens is 258 g/mol. The fourth-order valence-corrected chi connectivity index (χ4v) is 1.69. The van der Waals surface area contributed by atoms with Gasteiger partial charge in [0.1, 0.15) is 5.69 Å². The summed E-state index contributed by atoms with van der Waals surface area (Å²) in [6.45, 7) is 0.367. The van der Waals surface area contributed by atoms with Gasteiger partial charge in [-0.3, -0.25) is 14.8 Å². The molecule has 0 aliphatic heterocycles. The number of carbonyl (C=O) groups excluding carboxylic acids is 1. The van der Waals surface area contributed by atoms with Crippen LogP contribution in [0.3, 0.4) is 0 Å². The minimum Gasteiger partial charge on any atom is -0.478 e. The zero-order valence-corrected chi connectivity index (χ0v) is 10.6. The molecule has 20 heavy (non-hydrogen) atoms. The van der Waals surface area contributed by atoms with Crippen molar-refractivity contribution in [3.63, 3.8) is 0 Å². The largest absolute Gasteiger partial charge is 0.478 e. The number of carboxylic acid groups (broad SMARTS) is 1. The summed E-state index contributed by atoms with van der Waals surface area (Å²) in [6, 6.07) is 8.37. The van der Waals surface area contributed by atoms with Crippen LogP contribution in [0.5, 0.6) is 0 Å². The van der Waals surface area contributed by atoms with E-state index in [1.165, 1.54) is 18.3 Å². The van der Waals surface area contributed by atoms with Crippen LogP contribution < -0.4 is 5.32 Å². The highest BCUT2D eigenvalue weighted by atomic mass is 16.4. The van der Waals surface area contributed by atoms with Crippen molar-refractivity contribution >= 4 is 11.9 Å². The van der Waals surface area contributed by atoms with E-state index in [0.717, 1.165) is 5.69 Å². The van der Waals surface area contributed by atoms with Gasteiger partial charge in [0.05, 0.1) is 5.56 Å². The Morgan fingerprint density at radius 3 is 2.60 bits per heavy atom. The molecule has 0 unspecified atom stereocenters. The molecule has 2 aromatic heterocycles. The number of hydrogen-bond acceptors (Lipinski definition) is 4. The van der Waals surface area contributed by atoms with Gasteiger partial charge in [0.25, 0.3) is 5.91 Å². The Morgan fingerprint density at radius 1 is 1.10 bits per heavy atom. The summed E-state index contributed by atoms with van der Waals surface area (Å²) in [5.41, 5.74) is 0.663. The molecule has 0 radical (unpaired) electrons. The van der Waals surface area contributed by atoms with Crippen LogP contribution in [-0.2, 0) is 6.42 Å². The minimum absolute atomic E-state index is 0.0824. The molecule has 0 aromatic carbocycles. The van der Waals surface area contributed by atoms with Gasteiger partial charge in [-0.1, -0.05) is 6.07 Å². The summed E-state index contributed by atoms with van der Waals surface area (Å²) in [4.78, 5) is 30.8. The van der Waals surface area contributed by atoms with E-state index in [1.807, 2.05) is 18.2 Å². The first-order valence-corrected chi connectivity index (χ1v) is 6.05. The lowest BCUT2D eigenvalue weighted by atomic mass is 10.2. The van der Waals surface area contributed by atoms with Crippen LogP contribution in [0, 0.1) is 0 Å². The molecule has 0 fully saturated rings. The summed E-state index contributed by atoms with van der Waals surface area (Å²) < 4.78 is 0. The number of nitrogens with zero attached hydrogens (tertiary/aromatic N) is 2. The normalized spacial score (nSPS) is 10.0. The van der Waals surface area contributed by atoms with Gasteiger partial charge in [-0.15, -0.1) is 0 Å². The van der Waals surface area contributed by atoms with Crippen LogP contribution in [-0.4, -0.2) is 33.5 Å². The van der Waals surface area contributed by atoms with Crippen molar-refractivity contribution in [3.05, 3.63) is 59.7 Å². The molecule has 0 bridgehead atoms. The molecule has 0 aliphatic rings. The van der Waals surface area contributed by atoms with Crippen LogP contribution in [0.1, 0.15) is 26.5 Å². The molecule has 0 spiro atoms. The number of carbonyl (C=O) groups is 2. The fraction of sp³-hybridized carbons (Fsp3) is 0.143. The SMILES string of the molecule is O=C(O)c1cccnc1C(=O)NCCc1ccccn1. The molecular formula is C14H13N3O3. The number of amides is 1. The Kier molecular flexibility index (Phi) is 4.39. The lowest BCUT2D eigenvalue weighted by Gasteiger charge is -2.06. The highest BCUT2D eigenvalue weighted by molar-refractivity contribution is 6.03. The van der Waals surface area contributed by atoms with Gasteiger partial charge in [0.15, 0.2) is 0 Å². The van der Waals surface area contributed by atoms with Gasteiger partial charge in [0.2, 0.25) is 0 Å². The van der Waals surface area contributed by atoms with Gasteiger partial charge in [-0.05, 0) is 24.3 Å². The highest BCUT2D eigenvalue weighted by Crippen LogP contribution is 2.05. The topological polar surface area (TPSA) is 92.2 Å². The molecule has 2 N–H and O–H groups in total. The van der Waals surface area contributed by atoms with Crippen molar-refractivity contribution in [2.75, 3.05) is 6.54 Å². The molecule has 2 rings (SSSR count). The van der Waals surface area contributed by atoms with Crippen molar-refractivity contribution in [1.29, 1.82) is 0 Å². The lowest BCUT2D eigenvalue weighted by molar-refractivity contribution is 0.0690. The summed E-state index contributed by atoms with van der Waals surface area (Å²) >= 11 is 0. The minimum atomic E-state index is -1.17. The third kappa shape index (κ3) is 3.38. The van der Waals surface area contributed by atoms with Crippen LogP contribution in [0.4, 0.5) is 0 Å². The second kappa shape index (κ2) is 6.42. The van der Waals surface area contributed by atoms with E-state index in [0.29, 0.717) is 13.0 Å². The van der Waals surface area contributed by atoms with Gasteiger partial charge in [-0.25, -0.2) is 4.79 Å².